The molecular weight excluding hydrogens is 213 g/mol. The van der Waals surface area contributed by atoms with Gasteiger partial charge in [0.1, 0.15) is 6.33 Å². The number of aromatic nitrogens is 3. The van der Waals surface area contributed by atoms with Crippen LogP contribution in [0.5, 0.6) is 0 Å². The van der Waals surface area contributed by atoms with Gasteiger partial charge in [-0.15, -0.1) is 0 Å². The van der Waals surface area contributed by atoms with Crippen molar-refractivity contribution in [2.45, 2.75) is 12.7 Å². The fraction of sp³-hybridized carbons (Fsp3) is 0.571. The van der Waals surface area contributed by atoms with Crippen molar-refractivity contribution in [3.05, 3.63) is 16.8 Å². The number of nitriles is 1. The van der Waals surface area contributed by atoms with Crippen molar-refractivity contribution in [1.29, 1.82) is 5.26 Å². The number of rotatable bonds is 2. The molecule has 0 N–H and O–H groups in total. The van der Waals surface area contributed by atoms with E-state index in [1.165, 1.54) is 7.05 Å². The maximum absolute atomic E-state index is 12.2. The molecule has 5 nitrogen and oxygen atoms in total. The molecule has 0 aliphatic carbocycles. The van der Waals surface area contributed by atoms with Gasteiger partial charge in [-0.25, -0.2) is 9.48 Å². The summed E-state index contributed by atoms with van der Waals surface area (Å²) in [5.41, 5.74) is -0.681. The maximum atomic E-state index is 12.2. The van der Waals surface area contributed by atoms with E-state index in [4.69, 9.17) is 5.26 Å². The first-order valence-corrected chi connectivity index (χ1v) is 3.91. The van der Waals surface area contributed by atoms with Crippen LogP contribution in [0.25, 0.3) is 0 Å². The molecule has 0 saturated heterocycles. The summed E-state index contributed by atoms with van der Waals surface area (Å²) in [5, 5.41) is 11.7. The second kappa shape index (κ2) is 3.76. The lowest BCUT2D eigenvalue weighted by atomic mass is 10.1. The SMILES string of the molecule is Cn1cnn(CC(C#N)C(F)(F)F)c1=O. The largest absolute Gasteiger partial charge is 0.406 e. The van der Waals surface area contributed by atoms with E-state index in [1.54, 1.807) is 0 Å². The van der Waals surface area contributed by atoms with Crippen molar-refractivity contribution in [2.24, 2.45) is 13.0 Å². The first kappa shape index (κ1) is 11.3. The minimum atomic E-state index is -4.65. The van der Waals surface area contributed by atoms with Crippen LogP contribution < -0.4 is 5.69 Å². The molecule has 0 amide bonds. The van der Waals surface area contributed by atoms with Gasteiger partial charge in [-0.05, 0) is 0 Å². The zero-order valence-corrected chi connectivity index (χ0v) is 7.69. The summed E-state index contributed by atoms with van der Waals surface area (Å²) >= 11 is 0. The van der Waals surface area contributed by atoms with Gasteiger partial charge in [0.2, 0.25) is 0 Å². The Kier molecular flexibility index (Phi) is 2.83. The van der Waals surface area contributed by atoms with Crippen LogP contribution in [0.3, 0.4) is 0 Å². The van der Waals surface area contributed by atoms with E-state index < -0.39 is 24.3 Å². The van der Waals surface area contributed by atoms with Gasteiger partial charge in [0.15, 0.2) is 5.92 Å². The number of nitrogens with zero attached hydrogens (tertiary/aromatic N) is 4. The Hall–Kier alpha value is -1.78. The third-order valence-electron chi connectivity index (χ3n) is 1.79. The predicted molar refractivity (Wildman–Crippen MR) is 42.6 cm³/mol. The zero-order valence-electron chi connectivity index (χ0n) is 7.69. The number of hydrogen-bond donors (Lipinski definition) is 0. The molecule has 0 aliphatic rings. The van der Waals surface area contributed by atoms with Crippen molar-refractivity contribution < 1.29 is 13.2 Å². The first-order chi connectivity index (χ1) is 6.86. The van der Waals surface area contributed by atoms with Crippen LogP contribution in [0.1, 0.15) is 0 Å². The van der Waals surface area contributed by atoms with Crippen molar-refractivity contribution in [1.82, 2.24) is 14.3 Å². The van der Waals surface area contributed by atoms with Gasteiger partial charge < -0.3 is 0 Å². The standard InChI is InChI=1S/C7H7F3N4O/c1-13-4-12-14(6(13)15)3-5(2-11)7(8,9)10/h4-5H,3H2,1H3. The van der Waals surface area contributed by atoms with E-state index in [1.807, 2.05) is 0 Å². The van der Waals surface area contributed by atoms with E-state index in [0.717, 1.165) is 17.0 Å². The number of alkyl halides is 3. The molecule has 1 aromatic rings. The molecule has 0 fully saturated rings. The zero-order chi connectivity index (χ0) is 11.6. The Morgan fingerprint density at radius 3 is 2.60 bits per heavy atom. The van der Waals surface area contributed by atoms with Gasteiger partial charge in [-0.1, -0.05) is 0 Å². The second-order valence-electron chi connectivity index (χ2n) is 2.93. The van der Waals surface area contributed by atoms with E-state index in [0.29, 0.717) is 4.68 Å². The lowest BCUT2D eigenvalue weighted by Gasteiger charge is -2.11. The molecule has 8 heteroatoms. The molecule has 0 aromatic carbocycles. The van der Waals surface area contributed by atoms with Crippen LogP contribution in [-0.2, 0) is 13.6 Å². The van der Waals surface area contributed by atoms with Crippen LogP contribution in [-0.4, -0.2) is 20.5 Å². The molecule has 1 heterocycles. The Labute approximate surface area is 82.3 Å². The lowest BCUT2D eigenvalue weighted by molar-refractivity contribution is -0.162. The normalized spacial score (nSPS) is 13.5. The van der Waals surface area contributed by atoms with Crippen LogP contribution in [0, 0.1) is 17.2 Å². The molecule has 15 heavy (non-hydrogen) atoms. The second-order valence-corrected chi connectivity index (χ2v) is 2.93. The fourth-order valence-electron chi connectivity index (χ4n) is 0.936. The molecule has 0 bridgehead atoms. The van der Waals surface area contributed by atoms with E-state index in [2.05, 4.69) is 5.10 Å². The Bertz CT molecular complexity index is 438. The van der Waals surface area contributed by atoms with Gasteiger partial charge in [0.25, 0.3) is 0 Å². The highest BCUT2D eigenvalue weighted by molar-refractivity contribution is 4.88. The van der Waals surface area contributed by atoms with Crippen molar-refractivity contribution in [2.75, 3.05) is 0 Å². The number of aryl methyl sites for hydroxylation is 1. The summed E-state index contributed by atoms with van der Waals surface area (Å²) in [4.78, 5) is 11.1. The van der Waals surface area contributed by atoms with Gasteiger partial charge in [-0.2, -0.15) is 23.5 Å². The molecular formula is C7H7F3N4O. The highest BCUT2D eigenvalue weighted by Crippen LogP contribution is 2.26. The van der Waals surface area contributed by atoms with Gasteiger partial charge in [0.05, 0.1) is 12.6 Å². The third-order valence-corrected chi connectivity index (χ3v) is 1.79. The fourth-order valence-corrected chi connectivity index (χ4v) is 0.936. The molecule has 0 radical (unpaired) electrons. The Balaban J connectivity index is 2.91. The van der Waals surface area contributed by atoms with Gasteiger partial charge in [-0.3, -0.25) is 4.57 Å². The summed E-state index contributed by atoms with van der Waals surface area (Å²) in [6, 6.07) is 1.09. The summed E-state index contributed by atoms with van der Waals surface area (Å²) in [7, 11) is 1.36. The predicted octanol–water partition coefficient (Wildman–Crippen LogP) is 0.284. The van der Waals surface area contributed by atoms with E-state index in [9.17, 15) is 18.0 Å². The molecule has 1 atom stereocenters. The highest BCUT2D eigenvalue weighted by atomic mass is 19.4. The molecule has 82 valence electrons. The van der Waals surface area contributed by atoms with Crippen molar-refractivity contribution in [3.63, 3.8) is 0 Å². The van der Waals surface area contributed by atoms with E-state index >= 15 is 0 Å². The molecule has 0 saturated carbocycles. The van der Waals surface area contributed by atoms with Crippen LogP contribution in [0.15, 0.2) is 11.1 Å². The first-order valence-electron chi connectivity index (χ1n) is 3.91. The smallest absolute Gasteiger partial charge is 0.285 e. The summed E-state index contributed by atoms with van der Waals surface area (Å²) in [5.74, 6) is -2.22. The molecule has 1 unspecified atom stereocenters. The van der Waals surface area contributed by atoms with Crippen LogP contribution >= 0.6 is 0 Å². The number of hydrogen-bond acceptors (Lipinski definition) is 3. The highest BCUT2D eigenvalue weighted by Gasteiger charge is 2.40. The van der Waals surface area contributed by atoms with E-state index in [-0.39, 0.29) is 0 Å². The Morgan fingerprint density at radius 2 is 2.27 bits per heavy atom. The maximum Gasteiger partial charge on any atom is 0.406 e. The van der Waals surface area contributed by atoms with Crippen LogP contribution in [0.4, 0.5) is 13.2 Å². The number of halogens is 3. The average Bonchev–Trinajstić information content (AvgIpc) is 2.43. The third kappa shape index (κ3) is 2.37. The van der Waals surface area contributed by atoms with Crippen molar-refractivity contribution in [3.8, 4) is 6.07 Å². The topological polar surface area (TPSA) is 63.6 Å². The van der Waals surface area contributed by atoms with Gasteiger partial charge in [0, 0.05) is 7.05 Å². The Morgan fingerprint density at radius 1 is 1.67 bits per heavy atom. The quantitative estimate of drug-likeness (QED) is 0.719. The molecule has 0 aliphatic heterocycles. The minimum Gasteiger partial charge on any atom is -0.285 e. The minimum absolute atomic E-state index is 0.612. The summed E-state index contributed by atoms with van der Waals surface area (Å²) in [6.45, 7) is -0.778. The summed E-state index contributed by atoms with van der Waals surface area (Å²) in [6.07, 6.45) is -3.56. The van der Waals surface area contributed by atoms with Crippen LogP contribution in [0.2, 0.25) is 0 Å². The van der Waals surface area contributed by atoms with Crippen molar-refractivity contribution >= 4 is 0 Å². The molecule has 0 spiro atoms. The monoisotopic (exact) mass is 220 g/mol. The van der Waals surface area contributed by atoms with Gasteiger partial charge >= 0.3 is 11.9 Å². The summed E-state index contributed by atoms with van der Waals surface area (Å²) < 4.78 is 38.2. The molecule has 1 rings (SSSR count). The average molecular weight is 220 g/mol. The molecule has 1 aromatic heterocycles. The lowest BCUT2D eigenvalue weighted by Crippen LogP contribution is -2.32.